The van der Waals surface area contributed by atoms with Crippen molar-refractivity contribution in [1.82, 2.24) is 0 Å². The van der Waals surface area contributed by atoms with Crippen molar-refractivity contribution in [2.75, 3.05) is 11.5 Å². The Kier molecular flexibility index (Phi) is 6.25. The van der Waals surface area contributed by atoms with Crippen molar-refractivity contribution < 1.29 is 19.4 Å². The molecule has 0 aromatic heterocycles. The molecule has 1 aliphatic heterocycles. The van der Waals surface area contributed by atoms with Crippen LogP contribution in [0, 0.1) is 5.41 Å². The van der Waals surface area contributed by atoms with E-state index in [1.807, 2.05) is 37.3 Å². The molecule has 0 spiro atoms. The lowest BCUT2D eigenvalue weighted by Crippen LogP contribution is -2.32. The van der Waals surface area contributed by atoms with Gasteiger partial charge in [-0.3, -0.25) is 14.5 Å². The van der Waals surface area contributed by atoms with E-state index in [4.69, 9.17) is 4.74 Å². The minimum absolute atomic E-state index is 0.136. The van der Waals surface area contributed by atoms with Crippen LogP contribution in [0.15, 0.2) is 59.9 Å². The quantitative estimate of drug-likeness (QED) is 0.647. The zero-order valence-electron chi connectivity index (χ0n) is 19.1. The van der Waals surface area contributed by atoms with Crippen LogP contribution in [0.25, 0.3) is 0 Å². The average Bonchev–Trinajstić information content (AvgIpc) is 2.98. The van der Waals surface area contributed by atoms with Crippen LogP contribution in [-0.2, 0) is 9.59 Å². The maximum atomic E-state index is 13.3. The Hall–Kier alpha value is -3.08. The van der Waals surface area contributed by atoms with Gasteiger partial charge < -0.3 is 9.84 Å². The van der Waals surface area contributed by atoms with Gasteiger partial charge in [-0.15, -0.1) is 0 Å². The molecule has 164 valence electrons. The van der Waals surface area contributed by atoms with E-state index in [0.717, 1.165) is 11.1 Å². The van der Waals surface area contributed by atoms with Gasteiger partial charge in [0.25, 0.3) is 5.91 Å². The summed E-state index contributed by atoms with van der Waals surface area (Å²) in [6, 6.07) is 14.3. The van der Waals surface area contributed by atoms with Crippen molar-refractivity contribution in [3.8, 4) is 5.75 Å². The van der Waals surface area contributed by atoms with Gasteiger partial charge in [-0.05, 0) is 36.1 Å². The maximum Gasteiger partial charge on any atom is 0.294 e. The highest BCUT2D eigenvalue weighted by atomic mass is 16.5. The zero-order chi connectivity index (χ0) is 22.9. The second-order valence-electron chi connectivity index (χ2n) is 9.17. The van der Waals surface area contributed by atoms with Gasteiger partial charge >= 0.3 is 0 Å². The number of aliphatic hydroxyl groups excluding tert-OH is 1. The number of nitrogens with zero attached hydrogens (tertiary/aromatic N) is 1. The Morgan fingerprint density at radius 1 is 1.13 bits per heavy atom. The molecule has 3 rings (SSSR count). The van der Waals surface area contributed by atoms with E-state index in [1.165, 1.54) is 4.90 Å². The molecule has 1 heterocycles. The molecule has 1 amide bonds. The minimum atomic E-state index is -0.747. The fourth-order valence-electron chi connectivity index (χ4n) is 3.78. The van der Waals surface area contributed by atoms with E-state index in [-0.39, 0.29) is 11.4 Å². The fraction of sp³-hybridized carbons (Fsp3) is 0.385. The van der Waals surface area contributed by atoms with Gasteiger partial charge in [-0.1, -0.05) is 65.0 Å². The second-order valence-corrected chi connectivity index (χ2v) is 9.17. The van der Waals surface area contributed by atoms with Crippen LogP contribution in [0.1, 0.15) is 64.6 Å². The number of benzene rings is 2. The molecule has 0 saturated carbocycles. The van der Waals surface area contributed by atoms with Gasteiger partial charge in [0.05, 0.1) is 18.2 Å². The summed E-state index contributed by atoms with van der Waals surface area (Å²) in [4.78, 5) is 28.0. The highest BCUT2D eigenvalue weighted by molar-refractivity contribution is 6.17. The molecule has 1 atom stereocenters. The molecule has 31 heavy (non-hydrogen) atoms. The van der Waals surface area contributed by atoms with Crippen LogP contribution >= 0.6 is 0 Å². The van der Waals surface area contributed by atoms with Crippen molar-refractivity contribution in [2.45, 2.75) is 53.5 Å². The van der Waals surface area contributed by atoms with Crippen LogP contribution in [0.3, 0.4) is 0 Å². The smallest absolute Gasteiger partial charge is 0.294 e. The first-order chi connectivity index (χ1) is 14.6. The number of Topliss-reactive ketones (excluding diaryl/α,β-unsaturated/α-hetero) is 1. The van der Waals surface area contributed by atoms with Crippen LogP contribution in [-0.4, -0.2) is 23.4 Å². The van der Waals surface area contributed by atoms with E-state index < -0.39 is 23.1 Å². The monoisotopic (exact) mass is 421 g/mol. The van der Waals surface area contributed by atoms with Gasteiger partial charge in [-0.25, -0.2) is 0 Å². The topological polar surface area (TPSA) is 66.8 Å². The van der Waals surface area contributed by atoms with Crippen molar-refractivity contribution in [1.29, 1.82) is 0 Å². The summed E-state index contributed by atoms with van der Waals surface area (Å²) >= 11 is 0. The van der Waals surface area contributed by atoms with E-state index in [9.17, 15) is 14.7 Å². The number of hydrogen-bond acceptors (Lipinski definition) is 4. The molecule has 1 unspecified atom stereocenters. The fourth-order valence-corrected chi connectivity index (χ4v) is 3.78. The molecule has 0 saturated heterocycles. The summed E-state index contributed by atoms with van der Waals surface area (Å²) in [7, 11) is 0. The molecule has 2 aromatic carbocycles. The third kappa shape index (κ3) is 4.36. The molecule has 1 aliphatic rings. The van der Waals surface area contributed by atoms with Crippen LogP contribution in [0.2, 0.25) is 0 Å². The Bertz CT molecular complexity index is 1010. The predicted octanol–water partition coefficient (Wildman–Crippen LogP) is 5.72. The molecule has 0 bridgehead atoms. The first kappa shape index (κ1) is 22.6. The van der Waals surface area contributed by atoms with Crippen LogP contribution < -0.4 is 9.64 Å². The highest BCUT2D eigenvalue weighted by Crippen LogP contribution is 2.44. The molecule has 0 radical (unpaired) electrons. The summed E-state index contributed by atoms with van der Waals surface area (Å²) in [6.45, 7) is 12.0. The van der Waals surface area contributed by atoms with Crippen molar-refractivity contribution in [3.63, 3.8) is 0 Å². The Morgan fingerprint density at radius 3 is 2.32 bits per heavy atom. The van der Waals surface area contributed by atoms with E-state index in [1.54, 1.807) is 39.0 Å². The lowest BCUT2D eigenvalue weighted by Gasteiger charge is -2.29. The molecule has 5 heteroatoms. The van der Waals surface area contributed by atoms with Gasteiger partial charge in [0, 0.05) is 17.2 Å². The standard InChI is InChI=1S/C26H31NO4/c1-7-31-20-10-8-9-19(15-20)27-22(18-13-11-17(12-14-18)16(2)3)21(23(28)25(27)30)24(29)26(4,5)6/h8-16,22,28H,7H2,1-6H3. The lowest BCUT2D eigenvalue weighted by molar-refractivity contribution is -0.123. The van der Waals surface area contributed by atoms with Crippen LogP contribution in [0.5, 0.6) is 5.75 Å². The molecule has 5 nitrogen and oxygen atoms in total. The maximum absolute atomic E-state index is 13.3. The van der Waals surface area contributed by atoms with Crippen LogP contribution in [0.4, 0.5) is 5.69 Å². The number of ether oxygens (including phenoxy) is 1. The summed E-state index contributed by atoms with van der Waals surface area (Å²) in [5.41, 5.74) is 1.89. The zero-order valence-corrected chi connectivity index (χ0v) is 19.1. The summed E-state index contributed by atoms with van der Waals surface area (Å²) in [6.07, 6.45) is 0. The van der Waals surface area contributed by atoms with Gasteiger partial charge in [0.2, 0.25) is 0 Å². The number of hydrogen-bond donors (Lipinski definition) is 1. The minimum Gasteiger partial charge on any atom is -0.503 e. The third-order valence-electron chi connectivity index (χ3n) is 5.46. The summed E-state index contributed by atoms with van der Waals surface area (Å²) < 4.78 is 5.60. The molecule has 2 aromatic rings. The lowest BCUT2D eigenvalue weighted by atomic mass is 9.82. The number of carbonyl (C=O) groups is 2. The third-order valence-corrected chi connectivity index (χ3v) is 5.46. The number of amides is 1. The first-order valence-electron chi connectivity index (χ1n) is 10.7. The average molecular weight is 422 g/mol. The van der Waals surface area contributed by atoms with Crippen molar-refractivity contribution >= 4 is 17.4 Å². The first-order valence-corrected chi connectivity index (χ1v) is 10.7. The number of ketones is 1. The molecule has 1 N–H and O–H groups in total. The van der Waals surface area contributed by atoms with Crippen molar-refractivity contribution in [3.05, 3.63) is 71.0 Å². The number of aliphatic hydroxyl groups is 1. The van der Waals surface area contributed by atoms with E-state index >= 15 is 0 Å². The number of anilines is 1. The summed E-state index contributed by atoms with van der Waals surface area (Å²) in [5.74, 6) is -0.340. The highest BCUT2D eigenvalue weighted by Gasteiger charge is 2.46. The summed E-state index contributed by atoms with van der Waals surface area (Å²) in [5, 5.41) is 10.8. The molecular formula is C26H31NO4. The molecular weight excluding hydrogens is 390 g/mol. The second kappa shape index (κ2) is 8.58. The normalized spacial score (nSPS) is 16.9. The Labute approximate surface area is 184 Å². The Morgan fingerprint density at radius 2 is 1.77 bits per heavy atom. The van der Waals surface area contributed by atoms with E-state index in [2.05, 4.69) is 13.8 Å². The molecule has 0 aliphatic carbocycles. The largest absolute Gasteiger partial charge is 0.503 e. The van der Waals surface area contributed by atoms with Crippen molar-refractivity contribution in [2.24, 2.45) is 5.41 Å². The van der Waals surface area contributed by atoms with Gasteiger partial charge in [-0.2, -0.15) is 0 Å². The number of carbonyl (C=O) groups excluding carboxylic acids is 2. The van der Waals surface area contributed by atoms with Gasteiger partial charge in [0.15, 0.2) is 11.5 Å². The molecule has 0 fully saturated rings. The predicted molar refractivity (Wildman–Crippen MR) is 122 cm³/mol. The Balaban J connectivity index is 2.17. The SMILES string of the molecule is CCOc1cccc(N2C(=O)C(O)=C(C(=O)C(C)(C)C)C2c2ccc(C(C)C)cc2)c1. The van der Waals surface area contributed by atoms with E-state index in [0.29, 0.717) is 24.0 Å². The number of rotatable bonds is 6. The van der Waals surface area contributed by atoms with Gasteiger partial charge in [0.1, 0.15) is 5.75 Å².